The van der Waals surface area contributed by atoms with Crippen LogP contribution in [0.5, 0.6) is 0 Å². The average molecular weight is 361 g/mol. The first-order valence-corrected chi connectivity index (χ1v) is 8.94. The van der Waals surface area contributed by atoms with Crippen molar-refractivity contribution < 1.29 is 18.0 Å². The number of aryl methyl sites for hydroxylation is 1. The smallest absolute Gasteiger partial charge is 0.243 e. The van der Waals surface area contributed by atoms with Gasteiger partial charge in [0.25, 0.3) is 0 Å². The molecule has 1 aromatic carbocycles. The minimum absolute atomic E-state index is 0.0151. The molecule has 25 heavy (non-hydrogen) atoms. The fraction of sp³-hybridized carbons (Fsp3) is 0.235. The van der Waals surface area contributed by atoms with E-state index in [-0.39, 0.29) is 17.2 Å². The van der Waals surface area contributed by atoms with Crippen LogP contribution in [-0.4, -0.2) is 43.0 Å². The fourth-order valence-electron chi connectivity index (χ4n) is 2.05. The highest BCUT2D eigenvalue weighted by Gasteiger charge is 2.23. The Labute approximate surface area is 146 Å². The molecule has 1 amide bonds. The van der Waals surface area contributed by atoms with E-state index in [9.17, 15) is 18.0 Å². The van der Waals surface area contributed by atoms with E-state index in [1.54, 1.807) is 18.3 Å². The van der Waals surface area contributed by atoms with Crippen molar-refractivity contribution >= 4 is 27.5 Å². The Kier molecular flexibility index (Phi) is 5.66. The number of amides is 1. The van der Waals surface area contributed by atoms with Gasteiger partial charge in [0.15, 0.2) is 5.78 Å². The third kappa shape index (κ3) is 4.71. The molecule has 0 radical (unpaired) electrons. The number of carbonyl (C=O) groups is 2. The number of hydrogen-bond donors (Lipinski definition) is 1. The summed E-state index contributed by atoms with van der Waals surface area (Å²) in [6, 6.07) is 9.02. The zero-order valence-electron chi connectivity index (χ0n) is 14.2. The second-order valence-electron chi connectivity index (χ2n) is 5.61. The summed E-state index contributed by atoms with van der Waals surface area (Å²) in [7, 11) is -2.52. The molecule has 1 heterocycles. The number of sulfonamides is 1. The van der Waals surface area contributed by atoms with E-state index < -0.39 is 15.9 Å². The summed E-state index contributed by atoms with van der Waals surface area (Å²) in [6.07, 6.45) is 1.60. The molecule has 0 saturated carbocycles. The van der Waals surface area contributed by atoms with Crippen LogP contribution in [0.4, 0.5) is 5.82 Å². The molecular formula is C17H19N3O4S. The van der Waals surface area contributed by atoms with Crippen molar-refractivity contribution in [1.82, 2.24) is 9.29 Å². The number of carbonyl (C=O) groups excluding carboxylic acids is 2. The van der Waals surface area contributed by atoms with Crippen molar-refractivity contribution in [3.63, 3.8) is 0 Å². The first-order chi connectivity index (χ1) is 11.7. The van der Waals surface area contributed by atoms with E-state index in [0.717, 1.165) is 9.87 Å². The van der Waals surface area contributed by atoms with Gasteiger partial charge in [-0.1, -0.05) is 18.2 Å². The van der Waals surface area contributed by atoms with E-state index in [1.165, 1.54) is 38.2 Å². The van der Waals surface area contributed by atoms with Crippen LogP contribution in [0.2, 0.25) is 0 Å². The SMILES string of the molecule is CC(=O)c1ccc(S(=O)(=O)N(C)CC(=O)Nc2ccc(C)cn2)cc1. The van der Waals surface area contributed by atoms with E-state index in [0.29, 0.717) is 11.4 Å². The Balaban J connectivity index is 2.07. The second kappa shape index (κ2) is 7.54. The van der Waals surface area contributed by atoms with Crippen molar-refractivity contribution in [3.05, 3.63) is 53.7 Å². The number of ketones is 1. The van der Waals surface area contributed by atoms with Gasteiger partial charge in [-0.3, -0.25) is 9.59 Å². The van der Waals surface area contributed by atoms with Crippen LogP contribution in [0, 0.1) is 6.92 Å². The Hall–Kier alpha value is -2.58. The molecule has 0 aliphatic rings. The highest BCUT2D eigenvalue weighted by atomic mass is 32.2. The van der Waals surface area contributed by atoms with Crippen LogP contribution in [0.15, 0.2) is 47.5 Å². The molecular weight excluding hydrogens is 342 g/mol. The molecule has 0 spiro atoms. The van der Waals surface area contributed by atoms with Gasteiger partial charge in [-0.05, 0) is 37.6 Å². The fourth-order valence-corrected chi connectivity index (χ4v) is 3.18. The lowest BCUT2D eigenvalue weighted by atomic mass is 10.2. The number of aromatic nitrogens is 1. The highest BCUT2D eigenvalue weighted by molar-refractivity contribution is 7.89. The maximum atomic E-state index is 12.5. The van der Waals surface area contributed by atoms with Gasteiger partial charge in [0, 0.05) is 18.8 Å². The molecule has 0 saturated heterocycles. The lowest BCUT2D eigenvalue weighted by Gasteiger charge is -2.17. The summed E-state index contributed by atoms with van der Waals surface area (Å²) in [5, 5.41) is 2.55. The minimum atomic E-state index is -3.83. The molecule has 0 bridgehead atoms. The van der Waals surface area contributed by atoms with E-state index in [2.05, 4.69) is 10.3 Å². The second-order valence-corrected chi connectivity index (χ2v) is 7.66. The third-order valence-corrected chi connectivity index (χ3v) is 5.33. The van der Waals surface area contributed by atoms with E-state index >= 15 is 0 Å². The Morgan fingerprint density at radius 1 is 1.12 bits per heavy atom. The maximum Gasteiger partial charge on any atom is 0.243 e. The zero-order valence-corrected chi connectivity index (χ0v) is 15.0. The van der Waals surface area contributed by atoms with Crippen molar-refractivity contribution in [2.45, 2.75) is 18.7 Å². The third-order valence-electron chi connectivity index (χ3n) is 3.51. The van der Waals surface area contributed by atoms with Gasteiger partial charge < -0.3 is 5.32 Å². The quantitative estimate of drug-likeness (QED) is 0.792. The van der Waals surface area contributed by atoms with Crippen molar-refractivity contribution in [3.8, 4) is 0 Å². The molecule has 0 unspecified atom stereocenters. The Morgan fingerprint density at radius 2 is 1.76 bits per heavy atom. The standard InChI is InChI=1S/C17H19N3O4S/c1-12-4-9-16(18-10-12)19-17(22)11-20(3)25(23,24)15-7-5-14(6-8-15)13(2)21/h4-10H,11H2,1-3H3,(H,18,19,22). The molecule has 2 aromatic rings. The van der Waals surface area contributed by atoms with E-state index in [4.69, 9.17) is 0 Å². The van der Waals surface area contributed by atoms with Gasteiger partial charge >= 0.3 is 0 Å². The lowest BCUT2D eigenvalue weighted by Crippen LogP contribution is -2.35. The van der Waals surface area contributed by atoms with Crippen molar-refractivity contribution in [1.29, 1.82) is 0 Å². The van der Waals surface area contributed by atoms with Gasteiger partial charge in [-0.15, -0.1) is 0 Å². The van der Waals surface area contributed by atoms with Gasteiger partial charge in [-0.25, -0.2) is 13.4 Å². The topological polar surface area (TPSA) is 96.4 Å². The summed E-state index contributed by atoms with van der Waals surface area (Å²) in [5.74, 6) is -0.294. The number of nitrogens with zero attached hydrogens (tertiary/aromatic N) is 2. The number of benzene rings is 1. The van der Waals surface area contributed by atoms with Crippen molar-refractivity contribution in [2.75, 3.05) is 18.9 Å². The lowest BCUT2D eigenvalue weighted by molar-refractivity contribution is -0.116. The van der Waals surface area contributed by atoms with E-state index in [1.807, 2.05) is 6.92 Å². The first kappa shape index (κ1) is 18.8. The summed E-state index contributed by atoms with van der Waals surface area (Å²) in [5.41, 5.74) is 1.37. The summed E-state index contributed by atoms with van der Waals surface area (Å²) in [6.45, 7) is 2.92. The minimum Gasteiger partial charge on any atom is -0.310 e. The summed E-state index contributed by atoms with van der Waals surface area (Å²) in [4.78, 5) is 27.3. The monoisotopic (exact) mass is 361 g/mol. The molecule has 1 N–H and O–H groups in total. The predicted octanol–water partition coefficient (Wildman–Crippen LogP) is 1.85. The van der Waals surface area contributed by atoms with Crippen molar-refractivity contribution in [2.24, 2.45) is 0 Å². The van der Waals surface area contributed by atoms with Crippen LogP contribution in [-0.2, 0) is 14.8 Å². The first-order valence-electron chi connectivity index (χ1n) is 7.50. The number of nitrogens with one attached hydrogen (secondary N) is 1. The number of likely N-dealkylation sites (N-methyl/N-ethyl adjacent to an activating group) is 1. The molecule has 0 aliphatic heterocycles. The Bertz CT molecular complexity index is 875. The number of hydrogen-bond acceptors (Lipinski definition) is 5. The molecule has 0 aliphatic carbocycles. The van der Waals surface area contributed by atoms with Gasteiger partial charge in [0.1, 0.15) is 5.82 Å². The molecule has 0 fully saturated rings. The van der Waals surface area contributed by atoms with Gasteiger partial charge in [0.2, 0.25) is 15.9 Å². The number of anilines is 1. The number of Topliss-reactive ketones (excluding diaryl/α,β-unsaturated/α-hetero) is 1. The van der Waals surface area contributed by atoms with Crippen LogP contribution >= 0.6 is 0 Å². The highest BCUT2D eigenvalue weighted by Crippen LogP contribution is 2.15. The largest absolute Gasteiger partial charge is 0.310 e. The zero-order chi connectivity index (χ0) is 18.6. The maximum absolute atomic E-state index is 12.5. The summed E-state index contributed by atoms with van der Waals surface area (Å²) < 4.78 is 25.9. The van der Waals surface area contributed by atoms with Crippen LogP contribution in [0.25, 0.3) is 0 Å². The number of rotatable bonds is 6. The molecule has 132 valence electrons. The Morgan fingerprint density at radius 3 is 2.28 bits per heavy atom. The van der Waals surface area contributed by atoms with Crippen LogP contribution in [0.3, 0.4) is 0 Å². The molecule has 1 aromatic heterocycles. The molecule has 7 nitrogen and oxygen atoms in total. The number of pyridine rings is 1. The predicted molar refractivity (Wildman–Crippen MR) is 93.9 cm³/mol. The molecule has 0 atom stereocenters. The van der Waals surface area contributed by atoms with Gasteiger partial charge in [0.05, 0.1) is 11.4 Å². The van der Waals surface area contributed by atoms with Crippen LogP contribution < -0.4 is 5.32 Å². The van der Waals surface area contributed by atoms with Crippen LogP contribution in [0.1, 0.15) is 22.8 Å². The normalized spacial score (nSPS) is 11.4. The molecule has 8 heteroatoms. The molecule has 2 rings (SSSR count). The average Bonchev–Trinajstić information content (AvgIpc) is 2.57. The van der Waals surface area contributed by atoms with Gasteiger partial charge in [-0.2, -0.15) is 4.31 Å². The summed E-state index contributed by atoms with van der Waals surface area (Å²) >= 11 is 0.